The van der Waals surface area contributed by atoms with Crippen LogP contribution in [0.5, 0.6) is 0 Å². The van der Waals surface area contributed by atoms with E-state index in [1.165, 1.54) is 40.5 Å². The van der Waals surface area contributed by atoms with Crippen molar-refractivity contribution in [1.29, 1.82) is 0 Å². The van der Waals surface area contributed by atoms with Gasteiger partial charge in [-0.2, -0.15) is 0 Å². The Morgan fingerprint density at radius 3 is 2.39 bits per heavy atom. The third kappa shape index (κ3) is 3.44. The predicted molar refractivity (Wildman–Crippen MR) is 108 cm³/mol. The molecule has 0 aliphatic carbocycles. The fourth-order valence-corrected chi connectivity index (χ4v) is 3.92. The molecule has 0 spiro atoms. The Bertz CT molecular complexity index is 1080. The van der Waals surface area contributed by atoms with Crippen LogP contribution in [0.3, 0.4) is 0 Å². The molecule has 1 aliphatic rings. The van der Waals surface area contributed by atoms with E-state index in [1.807, 2.05) is 11.4 Å². The highest BCUT2D eigenvalue weighted by Gasteiger charge is 2.39. The fraction of sp³-hybridized carbons (Fsp3) is 0.0476. The number of carbonyl (C=O) groups excluding carboxylic acids is 2. The fourth-order valence-electron chi connectivity index (χ4n) is 2.96. The number of imide groups is 1. The number of benzene rings is 2. The minimum absolute atomic E-state index is 0.0703. The summed E-state index contributed by atoms with van der Waals surface area (Å²) in [5, 5.41) is 5.32. The zero-order valence-corrected chi connectivity index (χ0v) is 16.1. The molecule has 0 fully saturated rings. The molecule has 0 saturated heterocycles. The Hall–Kier alpha value is -2.96. The minimum Gasteiger partial charge on any atom is -0.350 e. The first-order valence-corrected chi connectivity index (χ1v) is 9.70. The number of nitrogens with one attached hydrogen (secondary N) is 1. The number of anilines is 1. The highest BCUT2D eigenvalue weighted by molar-refractivity contribution is 7.11. The molecule has 0 radical (unpaired) electrons. The Morgan fingerprint density at radius 2 is 1.71 bits per heavy atom. The smallest absolute Gasteiger partial charge is 0.278 e. The molecule has 2 heterocycles. The summed E-state index contributed by atoms with van der Waals surface area (Å²) < 4.78 is 13.2. The van der Waals surface area contributed by atoms with Gasteiger partial charge in [-0.15, -0.1) is 11.3 Å². The van der Waals surface area contributed by atoms with Crippen molar-refractivity contribution in [1.82, 2.24) is 4.90 Å². The number of nitrogens with zero attached hydrogens (tertiary/aromatic N) is 1. The van der Waals surface area contributed by atoms with Gasteiger partial charge in [0.15, 0.2) is 0 Å². The van der Waals surface area contributed by atoms with E-state index in [9.17, 15) is 14.0 Å². The van der Waals surface area contributed by atoms with E-state index >= 15 is 0 Å². The first-order chi connectivity index (χ1) is 13.5. The zero-order chi connectivity index (χ0) is 19.7. The topological polar surface area (TPSA) is 49.4 Å². The van der Waals surface area contributed by atoms with E-state index < -0.39 is 11.8 Å². The van der Waals surface area contributed by atoms with Crippen molar-refractivity contribution >= 4 is 46.0 Å². The molecule has 1 aliphatic heterocycles. The van der Waals surface area contributed by atoms with Crippen LogP contribution in [0.15, 0.2) is 71.7 Å². The molecule has 0 saturated carbocycles. The summed E-state index contributed by atoms with van der Waals surface area (Å²) in [4.78, 5) is 28.0. The van der Waals surface area contributed by atoms with Crippen molar-refractivity contribution in [3.63, 3.8) is 0 Å². The number of hydrogen-bond donors (Lipinski definition) is 1. The van der Waals surface area contributed by atoms with Crippen LogP contribution in [0, 0.1) is 5.82 Å². The summed E-state index contributed by atoms with van der Waals surface area (Å²) in [6.07, 6.45) is 0. The summed E-state index contributed by atoms with van der Waals surface area (Å²) in [5.74, 6) is -1.22. The van der Waals surface area contributed by atoms with Gasteiger partial charge >= 0.3 is 0 Å². The lowest BCUT2D eigenvalue weighted by atomic mass is 10.2. The van der Waals surface area contributed by atoms with Crippen molar-refractivity contribution in [3.05, 3.63) is 93.0 Å². The number of hydrogen-bond acceptors (Lipinski definition) is 4. The Morgan fingerprint density at radius 1 is 0.964 bits per heavy atom. The SMILES string of the molecule is O=C1C(Nc2ccc(F)cc2)=C(c2cccs2)C(=O)N1Cc1ccccc1Cl. The largest absolute Gasteiger partial charge is 0.350 e. The van der Waals surface area contributed by atoms with E-state index in [0.29, 0.717) is 26.7 Å². The number of rotatable bonds is 5. The molecule has 0 unspecified atom stereocenters. The van der Waals surface area contributed by atoms with Crippen molar-refractivity contribution in [2.45, 2.75) is 6.54 Å². The molecular formula is C21H14ClFN2O2S. The summed E-state index contributed by atoms with van der Waals surface area (Å²) in [6.45, 7) is 0.0703. The van der Waals surface area contributed by atoms with Crippen LogP contribution >= 0.6 is 22.9 Å². The zero-order valence-electron chi connectivity index (χ0n) is 14.5. The molecule has 3 aromatic rings. The van der Waals surface area contributed by atoms with Gasteiger partial charge in [-0.25, -0.2) is 4.39 Å². The molecule has 2 amide bonds. The number of carbonyl (C=O) groups is 2. The Balaban J connectivity index is 1.71. The van der Waals surface area contributed by atoms with Gasteiger partial charge in [-0.3, -0.25) is 14.5 Å². The molecule has 4 nitrogen and oxygen atoms in total. The second-order valence-corrected chi connectivity index (χ2v) is 7.50. The lowest BCUT2D eigenvalue weighted by Crippen LogP contribution is -2.32. The molecule has 28 heavy (non-hydrogen) atoms. The number of thiophene rings is 1. The molecule has 4 rings (SSSR count). The number of halogens is 2. The van der Waals surface area contributed by atoms with Gasteiger partial charge in [0, 0.05) is 15.6 Å². The molecule has 140 valence electrons. The van der Waals surface area contributed by atoms with Gasteiger partial charge in [0.25, 0.3) is 11.8 Å². The second kappa shape index (κ2) is 7.58. The van der Waals surface area contributed by atoms with Gasteiger partial charge in [-0.1, -0.05) is 35.9 Å². The third-order valence-corrected chi connectivity index (χ3v) is 5.59. The number of amides is 2. The van der Waals surface area contributed by atoms with Gasteiger partial charge in [0.2, 0.25) is 0 Å². The summed E-state index contributed by atoms with van der Waals surface area (Å²) >= 11 is 7.57. The summed E-state index contributed by atoms with van der Waals surface area (Å²) in [5.41, 5.74) is 1.67. The lowest BCUT2D eigenvalue weighted by Gasteiger charge is -2.16. The van der Waals surface area contributed by atoms with Crippen LogP contribution in [0.1, 0.15) is 10.4 Å². The van der Waals surface area contributed by atoms with Crippen molar-refractivity contribution in [2.75, 3.05) is 5.32 Å². The van der Waals surface area contributed by atoms with E-state index in [2.05, 4.69) is 5.32 Å². The molecular weight excluding hydrogens is 399 g/mol. The Labute approximate surface area is 169 Å². The second-order valence-electron chi connectivity index (χ2n) is 6.15. The van der Waals surface area contributed by atoms with E-state index in [4.69, 9.17) is 11.6 Å². The first kappa shape index (κ1) is 18.4. The highest BCUT2D eigenvalue weighted by Crippen LogP contribution is 2.34. The van der Waals surface area contributed by atoms with E-state index in [1.54, 1.807) is 30.3 Å². The Kier molecular flexibility index (Phi) is 4.98. The average Bonchev–Trinajstić information content (AvgIpc) is 3.28. The maximum atomic E-state index is 13.2. The van der Waals surface area contributed by atoms with E-state index in [0.717, 1.165) is 0 Å². The molecule has 0 atom stereocenters. The van der Waals surface area contributed by atoms with E-state index in [-0.39, 0.29) is 18.1 Å². The molecule has 2 aromatic carbocycles. The minimum atomic E-state index is -0.447. The van der Waals surface area contributed by atoms with Crippen LogP contribution in [-0.4, -0.2) is 16.7 Å². The molecule has 0 bridgehead atoms. The van der Waals surface area contributed by atoms with Gasteiger partial charge in [0.1, 0.15) is 11.5 Å². The summed E-state index contributed by atoms with van der Waals surface area (Å²) in [7, 11) is 0. The molecule has 7 heteroatoms. The van der Waals surface area contributed by atoms with Crippen molar-refractivity contribution in [2.24, 2.45) is 0 Å². The predicted octanol–water partition coefficient (Wildman–Crippen LogP) is 4.93. The summed E-state index contributed by atoms with van der Waals surface area (Å²) in [6, 6.07) is 16.3. The maximum absolute atomic E-state index is 13.2. The standard InChI is InChI=1S/C21H14ClFN2O2S/c22-16-5-2-1-4-13(16)12-25-20(26)18(17-6-3-11-28-17)19(21(25)27)24-15-9-7-14(23)8-10-15/h1-11,24H,12H2. The monoisotopic (exact) mass is 412 g/mol. The quantitative estimate of drug-likeness (QED) is 0.604. The van der Waals surface area contributed by atoms with Crippen LogP contribution in [0.25, 0.3) is 5.57 Å². The molecule has 1 aromatic heterocycles. The normalized spacial score (nSPS) is 14.1. The van der Waals surface area contributed by atoms with Crippen molar-refractivity contribution in [3.8, 4) is 0 Å². The van der Waals surface area contributed by atoms with Crippen LogP contribution in [-0.2, 0) is 16.1 Å². The third-order valence-electron chi connectivity index (χ3n) is 4.34. The van der Waals surface area contributed by atoms with Gasteiger partial charge < -0.3 is 5.32 Å². The first-order valence-electron chi connectivity index (χ1n) is 8.45. The van der Waals surface area contributed by atoms with Gasteiger partial charge in [-0.05, 0) is 47.3 Å². The van der Waals surface area contributed by atoms with Crippen LogP contribution in [0.2, 0.25) is 5.02 Å². The van der Waals surface area contributed by atoms with Crippen molar-refractivity contribution < 1.29 is 14.0 Å². The molecule has 1 N–H and O–H groups in total. The van der Waals surface area contributed by atoms with Gasteiger partial charge in [0.05, 0.1) is 12.1 Å². The lowest BCUT2D eigenvalue weighted by molar-refractivity contribution is -0.137. The maximum Gasteiger partial charge on any atom is 0.278 e. The van der Waals surface area contributed by atoms with Crippen LogP contribution < -0.4 is 5.32 Å². The van der Waals surface area contributed by atoms with Crippen LogP contribution in [0.4, 0.5) is 10.1 Å². The highest BCUT2D eigenvalue weighted by atomic mass is 35.5. The average molecular weight is 413 g/mol.